The van der Waals surface area contributed by atoms with Crippen LogP contribution in [0.3, 0.4) is 0 Å². The maximum Gasteiger partial charge on any atom is 0.573 e. The molecule has 0 aromatic heterocycles. The number of sulfonamides is 1. The van der Waals surface area contributed by atoms with E-state index in [1.165, 1.54) is 55.5 Å². The van der Waals surface area contributed by atoms with Crippen molar-refractivity contribution in [3.05, 3.63) is 76.8 Å². The summed E-state index contributed by atoms with van der Waals surface area (Å²) in [7, 11) is -4.57. The fourth-order valence-electron chi connectivity index (χ4n) is 3.29. The predicted octanol–water partition coefficient (Wildman–Crippen LogP) is 6.95. The van der Waals surface area contributed by atoms with E-state index in [2.05, 4.69) is 30.1 Å². The van der Waals surface area contributed by atoms with Gasteiger partial charge in [-0.25, -0.2) is 13.1 Å². The lowest BCUT2D eigenvalue weighted by molar-refractivity contribution is -0.276. The van der Waals surface area contributed by atoms with Crippen LogP contribution in [0.1, 0.15) is 18.5 Å². The topological polar surface area (TPSA) is 64.6 Å². The van der Waals surface area contributed by atoms with Crippen LogP contribution < -0.4 is 14.2 Å². The Hall–Kier alpha value is -2.77. The van der Waals surface area contributed by atoms with Gasteiger partial charge in [0.25, 0.3) is 0 Å². The second kappa shape index (κ2) is 10.1. The molecule has 3 aromatic carbocycles. The Labute approximate surface area is 204 Å². The Balaban J connectivity index is 2.00. The van der Waals surface area contributed by atoms with Crippen molar-refractivity contribution in [2.24, 2.45) is 0 Å². The van der Waals surface area contributed by atoms with Crippen LogP contribution in [0.25, 0.3) is 11.1 Å². The Morgan fingerprint density at radius 2 is 1.34 bits per heavy atom. The lowest BCUT2D eigenvalue weighted by Crippen LogP contribution is -2.28. The number of rotatable bonds is 7. The van der Waals surface area contributed by atoms with E-state index in [0.717, 1.165) is 18.2 Å². The highest BCUT2D eigenvalue weighted by Crippen LogP contribution is 2.38. The SMILES string of the molecule is C[C@@H](NS(=O)(=O)c1ccc(Br)cc1OC(F)(F)F)c1ccccc1-c1ccccc1OC(F)(F)F. The smallest absolute Gasteiger partial charge is 0.405 e. The Morgan fingerprint density at radius 1 is 0.800 bits per heavy atom. The summed E-state index contributed by atoms with van der Waals surface area (Å²) in [6.45, 7) is 1.40. The molecule has 3 aromatic rings. The molecule has 0 aliphatic rings. The Bertz CT molecular complexity index is 1310. The molecule has 0 bridgehead atoms. The van der Waals surface area contributed by atoms with Crippen LogP contribution in [0.5, 0.6) is 11.5 Å². The molecule has 0 aliphatic heterocycles. The monoisotopic (exact) mass is 583 g/mol. The van der Waals surface area contributed by atoms with Crippen molar-refractivity contribution in [2.75, 3.05) is 0 Å². The molecule has 1 N–H and O–H groups in total. The lowest BCUT2D eigenvalue weighted by Gasteiger charge is -2.21. The molecule has 0 saturated heterocycles. The van der Waals surface area contributed by atoms with Crippen molar-refractivity contribution in [1.29, 1.82) is 0 Å². The first-order chi connectivity index (χ1) is 16.2. The van der Waals surface area contributed by atoms with Crippen molar-refractivity contribution >= 4 is 26.0 Å². The second-order valence-electron chi connectivity index (χ2n) is 7.11. The van der Waals surface area contributed by atoms with Crippen LogP contribution in [0.2, 0.25) is 0 Å². The first-order valence-corrected chi connectivity index (χ1v) is 12.0. The fraction of sp³-hybridized carbons (Fsp3) is 0.182. The quantitative estimate of drug-likeness (QED) is 0.306. The number of hydrogen-bond donors (Lipinski definition) is 1. The van der Waals surface area contributed by atoms with E-state index in [1.54, 1.807) is 0 Å². The molecule has 188 valence electrons. The maximum absolute atomic E-state index is 13.0. The van der Waals surface area contributed by atoms with Gasteiger partial charge in [0.2, 0.25) is 10.0 Å². The van der Waals surface area contributed by atoms with Crippen LogP contribution >= 0.6 is 15.9 Å². The van der Waals surface area contributed by atoms with Gasteiger partial charge < -0.3 is 9.47 Å². The van der Waals surface area contributed by atoms with Gasteiger partial charge in [0, 0.05) is 16.1 Å². The molecule has 0 saturated carbocycles. The third-order valence-electron chi connectivity index (χ3n) is 4.58. The number of alkyl halides is 6. The van der Waals surface area contributed by atoms with Crippen LogP contribution in [-0.4, -0.2) is 21.1 Å². The van der Waals surface area contributed by atoms with E-state index in [4.69, 9.17) is 0 Å². The summed E-state index contributed by atoms with van der Waals surface area (Å²) in [4.78, 5) is -0.775. The summed E-state index contributed by atoms with van der Waals surface area (Å²) >= 11 is 2.97. The van der Waals surface area contributed by atoms with Gasteiger partial charge in [-0.05, 0) is 42.3 Å². The largest absolute Gasteiger partial charge is 0.573 e. The van der Waals surface area contributed by atoms with Crippen LogP contribution in [-0.2, 0) is 10.0 Å². The Morgan fingerprint density at radius 3 is 1.97 bits per heavy atom. The number of hydrogen-bond acceptors (Lipinski definition) is 4. The van der Waals surface area contributed by atoms with E-state index in [1.807, 2.05) is 0 Å². The standard InChI is InChI=1S/C22H16BrF6NO4S/c1-13(30-35(31,32)20-11-10-14(23)12-19(20)34-22(27,28)29)15-6-2-3-7-16(15)17-8-4-5-9-18(17)33-21(24,25)26/h2-13,30H,1H3/t13-/m1/s1. The molecule has 3 rings (SSSR count). The maximum atomic E-state index is 13.0. The van der Waals surface area contributed by atoms with Gasteiger partial charge in [-0.2, -0.15) is 0 Å². The van der Waals surface area contributed by atoms with Crippen LogP contribution in [0.15, 0.2) is 76.1 Å². The molecule has 0 aliphatic carbocycles. The number of benzene rings is 3. The first kappa shape index (κ1) is 26.8. The summed E-state index contributed by atoms with van der Waals surface area (Å²) in [6, 6.07) is 13.2. The van der Waals surface area contributed by atoms with Crippen molar-refractivity contribution < 1.29 is 44.2 Å². The fourth-order valence-corrected chi connectivity index (χ4v) is 4.96. The summed E-state index contributed by atoms with van der Waals surface area (Å²) in [5.41, 5.74) is 0.519. The minimum absolute atomic E-state index is 0.0382. The highest BCUT2D eigenvalue weighted by atomic mass is 79.9. The molecule has 0 radical (unpaired) electrons. The average Bonchev–Trinajstić information content (AvgIpc) is 2.71. The second-order valence-corrected chi connectivity index (χ2v) is 9.71. The minimum Gasteiger partial charge on any atom is -0.405 e. The zero-order chi connectivity index (χ0) is 26.0. The van der Waals surface area contributed by atoms with Gasteiger partial charge in [0.1, 0.15) is 10.6 Å². The molecular weight excluding hydrogens is 568 g/mol. The van der Waals surface area contributed by atoms with E-state index < -0.39 is 45.2 Å². The third-order valence-corrected chi connectivity index (χ3v) is 6.66. The molecule has 0 heterocycles. The highest BCUT2D eigenvalue weighted by molar-refractivity contribution is 9.10. The lowest BCUT2D eigenvalue weighted by atomic mass is 9.95. The van der Waals surface area contributed by atoms with Gasteiger partial charge in [-0.3, -0.25) is 0 Å². The summed E-state index contributed by atoms with van der Waals surface area (Å²) in [6.07, 6.45) is -10.1. The van der Waals surface area contributed by atoms with Crippen LogP contribution in [0, 0.1) is 0 Å². The minimum atomic E-state index is -5.15. The van der Waals surface area contributed by atoms with Crippen LogP contribution in [0.4, 0.5) is 26.3 Å². The number of halogens is 7. The molecule has 0 amide bonds. The first-order valence-electron chi connectivity index (χ1n) is 9.68. The van der Waals surface area contributed by atoms with Crippen molar-refractivity contribution in [3.8, 4) is 22.6 Å². The van der Waals surface area contributed by atoms with Gasteiger partial charge in [0.05, 0.1) is 0 Å². The van der Waals surface area contributed by atoms with Crippen molar-refractivity contribution in [2.45, 2.75) is 30.6 Å². The summed E-state index contributed by atoms with van der Waals surface area (Å²) in [5, 5.41) is 0. The zero-order valence-corrected chi connectivity index (χ0v) is 20.0. The molecular formula is C22H16BrF6NO4S. The normalized spacial score (nSPS) is 13.4. The highest BCUT2D eigenvalue weighted by Gasteiger charge is 2.35. The predicted molar refractivity (Wildman–Crippen MR) is 118 cm³/mol. The molecule has 35 heavy (non-hydrogen) atoms. The van der Waals surface area contributed by atoms with Crippen molar-refractivity contribution in [3.63, 3.8) is 0 Å². The zero-order valence-electron chi connectivity index (χ0n) is 17.6. The van der Waals surface area contributed by atoms with Gasteiger partial charge in [-0.1, -0.05) is 58.4 Å². The molecule has 0 fully saturated rings. The van der Waals surface area contributed by atoms with Gasteiger partial charge in [0.15, 0.2) is 5.75 Å². The number of ether oxygens (including phenoxy) is 2. The van der Waals surface area contributed by atoms with E-state index in [-0.39, 0.29) is 21.2 Å². The van der Waals surface area contributed by atoms with Gasteiger partial charge >= 0.3 is 12.7 Å². The molecule has 5 nitrogen and oxygen atoms in total. The molecule has 1 atom stereocenters. The number of para-hydroxylation sites is 1. The van der Waals surface area contributed by atoms with E-state index in [9.17, 15) is 34.8 Å². The van der Waals surface area contributed by atoms with E-state index >= 15 is 0 Å². The van der Waals surface area contributed by atoms with Gasteiger partial charge in [-0.15, -0.1) is 26.3 Å². The average molecular weight is 584 g/mol. The molecule has 0 unspecified atom stereocenters. The summed E-state index contributed by atoms with van der Waals surface area (Å²) in [5.74, 6) is -1.46. The molecule has 13 heteroatoms. The van der Waals surface area contributed by atoms with Crippen molar-refractivity contribution in [1.82, 2.24) is 4.72 Å². The number of nitrogens with one attached hydrogen (secondary N) is 1. The van der Waals surface area contributed by atoms with E-state index in [0.29, 0.717) is 0 Å². The Kier molecular flexibility index (Phi) is 7.72. The molecule has 0 spiro atoms. The third kappa shape index (κ3) is 7.12. The summed E-state index contributed by atoms with van der Waals surface area (Å²) < 4.78 is 113.